The van der Waals surface area contributed by atoms with Gasteiger partial charge in [0.25, 0.3) is 0 Å². The first-order valence-electron chi connectivity index (χ1n) is 9.42. The molecule has 0 saturated carbocycles. The summed E-state index contributed by atoms with van der Waals surface area (Å²) in [6, 6.07) is 12.9. The van der Waals surface area contributed by atoms with Crippen LogP contribution in [-0.2, 0) is 0 Å². The van der Waals surface area contributed by atoms with Crippen LogP contribution in [0.3, 0.4) is 0 Å². The molecule has 5 heteroatoms. The second-order valence-corrected chi connectivity index (χ2v) is 7.22. The predicted molar refractivity (Wildman–Crippen MR) is 100 cm³/mol. The van der Waals surface area contributed by atoms with Crippen LogP contribution in [0.25, 0.3) is 0 Å². The summed E-state index contributed by atoms with van der Waals surface area (Å²) in [6.45, 7) is 2.71. The molecular weight excluding hydrogens is 345 g/mol. The number of nitrogens with zero attached hydrogens (tertiary/aromatic N) is 1. The number of rotatable bonds is 5. The minimum absolute atomic E-state index is 0.00796. The number of likely N-dealkylation sites (tertiary alicyclic amines) is 1. The highest BCUT2D eigenvalue weighted by Crippen LogP contribution is 2.29. The fourth-order valence-corrected chi connectivity index (χ4v) is 3.92. The Balaban J connectivity index is 1.39. The van der Waals surface area contributed by atoms with Gasteiger partial charge < -0.3 is 9.64 Å². The number of halogens is 1. The van der Waals surface area contributed by atoms with Crippen LogP contribution in [0.15, 0.2) is 42.5 Å². The fourth-order valence-electron chi connectivity index (χ4n) is 3.92. The minimum Gasteiger partial charge on any atom is -0.492 e. The first-order valence-corrected chi connectivity index (χ1v) is 9.42. The maximum absolute atomic E-state index is 14.3. The molecule has 0 aliphatic carbocycles. The molecule has 0 aromatic heterocycles. The maximum atomic E-state index is 14.3. The average molecular weight is 367 g/mol. The van der Waals surface area contributed by atoms with Crippen LogP contribution in [0.5, 0.6) is 5.75 Å². The van der Waals surface area contributed by atoms with Crippen molar-refractivity contribution in [2.75, 3.05) is 26.2 Å². The van der Waals surface area contributed by atoms with Crippen molar-refractivity contribution in [2.24, 2.45) is 0 Å². The van der Waals surface area contributed by atoms with Gasteiger partial charge in [0.05, 0.1) is 17.7 Å². The van der Waals surface area contributed by atoms with E-state index in [1.54, 1.807) is 0 Å². The molecule has 0 N–H and O–H groups in total. The van der Waals surface area contributed by atoms with Gasteiger partial charge in [-0.15, -0.1) is 0 Å². The number of fused-ring (bicyclic) bond motifs is 1. The van der Waals surface area contributed by atoms with E-state index in [9.17, 15) is 14.0 Å². The van der Waals surface area contributed by atoms with Crippen molar-refractivity contribution in [2.45, 2.75) is 25.2 Å². The van der Waals surface area contributed by atoms with Crippen molar-refractivity contribution < 1.29 is 18.7 Å². The Bertz CT molecular complexity index is 865. The summed E-state index contributed by atoms with van der Waals surface area (Å²) in [6.07, 6.45) is 1.57. The smallest absolute Gasteiger partial charge is 0.170 e. The van der Waals surface area contributed by atoms with Crippen LogP contribution in [-0.4, -0.2) is 42.7 Å². The molecule has 0 radical (unpaired) electrons. The second-order valence-electron chi connectivity index (χ2n) is 7.22. The standard InChI is InChI=1S/C22H22FNO3/c23-19-13-22-18(21(26)8-11-27-22)12-17(19)20(25)7-10-24-9-6-16(14-24)15-4-2-1-3-5-15/h1-5,12-13,16H,6-11,14H2. The van der Waals surface area contributed by atoms with Crippen molar-refractivity contribution in [1.82, 2.24) is 4.90 Å². The van der Waals surface area contributed by atoms with E-state index in [4.69, 9.17) is 4.74 Å². The van der Waals surface area contributed by atoms with Crippen LogP contribution in [0, 0.1) is 5.82 Å². The van der Waals surface area contributed by atoms with E-state index >= 15 is 0 Å². The van der Waals surface area contributed by atoms with Gasteiger partial charge in [-0.2, -0.15) is 0 Å². The number of hydrogen-bond donors (Lipinski definition) is 0. The number of carbonyl (C=O) groups is 2. The Labute approximate surface area is 157 Å². The Hall–Kier alpha value is -2.53. The van der Waals surface area contributed by atoms with E-state index in [0.717, 1.165) is 19.5 Å². The molecule has 2 aliphatic heterocycles. The third kappa shape index (κ3) is 3.78. The van der Waals surface area contributed by atoms with Gasteiger partial charge in [0.15, 0.2) is 11.6 Å². The number of ketones is 2. The lowest BCUT2D eigenvalue weighted by Crippen LogP contribution is -2.24. The predicted octanol–water partition coefficient (Wildman–Crippen LogP) is 3.85. The van der Waals surface area contributed by atoms with Gasteiger partial charge in [0, 0.05) is 32.0 Å². The Morgan fingerprint density at radius 1 is 1.22 bits per heavy atom. The molecule has 1 fully saturated rings. The molecular formula is C22H22FNO3. The maximum Gasteiger partial charge on any atom is 0.170 e. The third-order valence-corrected chi connectivity index (χ3v) is 5.46. The largest absolute Gasteiger partial charge is 0.492 e. The summed E-state index contributed by atoms with van der Waals surface area (Å²) >= 11 is 0. The zero-order valence-corrected chi connectivity index (χ0v) is 15.1. The number of carbonyl (C=O) groups excluding carboxylic acids is 2. The molecule has 4 nitrogen and oxygen atoms in total. The van der Waals surface area contributed by atoms with E-state index in [1.165, 1.54) is 17.7 Å². The topological polar surface area (TPSA) is 46.6 Å². The van der Waals surface area contributed by atoms with Crippen molar-refractivity contribution in [3.63, 3.8) is 0 Å². The average Bonchev–Trinajstić information content (AvgIpc) is 3.16. The summed E-state index contributed by atoms with van der Waals surface area (Å²) in [5.41, 5.74) is 1.63. The summed E-state index contributed by atoms with van der Waals surface area (Å²) in [5.74, 6) is -0.258. The lowest BCUT2D eigenvalue weighted by Gasteiger charge is -2.18. The van der Waals surface area contributed by atoms with Crippen LogP contribution < -0.4 is 4.74 Å². The van der Waals surface area contributed by atoms with Crippen LogP contribution in [0.2, 0.25) is 0 Å². The molecule has 2 aromatic carbocycles. The SMILES string of the molecule is O=C(CCN1CCC(c2ccccc2)C1)c1cc2c(cc1F)OCCC2=O. The van der Waals surface area contributed by atoms with E-state index in [2.05, 4.69) is 17.0 Å². The molecule has 1 atom stereocenters. The zero-order valence-electron chi connectivity index (χ0n) is 15.1. The zero-order chi connectivity index (χ0) is 18.8. The van der Waals surface area contributed by atoms with Crippen molar-refractivity contribution in [3.05, 3.63) is 65.0 Å². The monoisotopic (exact) mass is 367 g/mol. The summed E-state index contributed by atoms with van der Waals surface area (Å²) in [4.78, 5) is 26.8. The fraction of sp³-hybridized carbons (Fsp3) is 0.364. The number of hydrogen-bond acceptors (Lipinski definition) is 4. The Morgan fingerprint density at radius 2 is 2.04 bits per heavy atom. The van der Waals surface area contributed by atoms with Crippen LogP contribution >= 0.6 is 0 Å². The highest BCUT2D eigenvalue weighted by atomic mass is 19.1. The summed E-state index contributed by atoms with van der Waals surface area (Å²) in [5, 5.41) is 0. The first kappa shape index (κ1) is 17.9. The summed E-state index contributed by atoms with van der Waals surface area (Å²) in [7, 11) is 0. The minimum atomic E-state index is -0.614. The molecule has 4 rings (SSSR count). The van der Waals surface area contributed by atoms with Gasteiger partial charge in [-0.25, -0.2) is 4.39 Å². The van der Waals surface area contributed by atoms with E-state index in [1.807, 2.05) is 18.2 Å². The van der Waals surface area contributed by atoms with E-state index in [0.29, 0.717) is 18.0 Å². The lowest BCUT2D eigenvalue weighted by atomic mass is 9.98. The van der Waals surface area contributed by atoms with Gasteiger partial charge in [-0.05, 0) is 30.5 Å². The normalized spacial score (nSPS) is 19.6. The molecule has 1 unspecified atom stereocenters. The van der Waals surface area contributed by atoms with Crippen LogP contribution in [0.4, 0.5) is 4.39 Å². The highest BCUT2D eigenvalue weighted by Gasteiger charge is 2.26. The first-order chi connectivity index (χ1) is 13.1. The van der Waals surface area contributed by atoms with Gasteiger partial charge in [-0.1, -0.05) is 30.3 Å². The molecule has 2 aromatic rings. The molecule has 1 saturated heterocycles. The van der Waals surface area contributed by atoms with E-state index in [-0.39, 0.29) is 42.3 Å². The molecule has 2 aliphatic rings. The van der Waals surface area contributed by atoms with Crippen molar-refractivity contribution in [1.29, 1.82) is 0 Å². The lowest BCUT2D eigenvalue weighted by molar-refractivity contribution is 0.0933. The quantitative estimate of drug-likeness (QED) is 0.753. The summed E-state index contributed by atoms with van der Waals surface area (Å²) < 4.78 is 19.6. The van der Waals surface area contributed by atoms with Gasteiger partial charge in [0.2, 0.25) is 0 Å². The Kier molecular flexibility index (Phi) is 5.03. The molecule has 2 heterocycles. The number of benzene rings is 2. The van der Waals surface area contributed by atoms with E-state index < -0.39 is 5.82 Å². The third-order valence-electron chi connectivity index (χ3n) is 5.46. The molecule has 0 amide bonds. The Morgan fingerprint density at radius 3 is 2.85 bits per heavy atom. The second kappa shape index (κ2) is 7.61. The number of Topliss-reactive ketones (excluding diaryl/α,β-unsaturated/α-hetero) is 2. The molecule has 140 valence electrons. The van der Waals surface area contributed by atoms with Gasteiger partial charge in [-0.3, -0.25) is 9.59 Å². The van der Waals surface area contributed by atoms with Gasteiger partial charge in [0.1, 0.15) is 11.6 Å². The van der Waals surface area contributed by atoms with Crippen molar-refractivity contribution >= 4 is 11.6 Å². The highest BCUT2D eigenvalue weighted by molar-refractivity contribution is 6.03. The number of ether oxygens (including phenoxy) is 1. The van der Waals surface area contributed by atoms with Crippen LogP contribution in [0.1, 0.15) is 51.5 Å². The molecule has 0 bridgehead atoms. The van der Waals surface area contributed by atoms with Crippen molar-refractivity contribution in [3.8, 4) is 5.75 Å². The molecule has 27 heavy (non-hydrogen) atoms. The van der Waals surface area contributed by atoms with Gasteiger partial charge >= 0.3 is 0 Å². The molecule has 0 spiro atoms.